The van der Waals surface area contributed by atoms with Gasteiger partial charge >= 0.3 is 0 Å². The molecule has 1 aromatic carbocycles. The van der Waals surface area contributed by atoms with Crippen LogP contribution >= 0.6 is 0 Å². The van der Waals surface area contributed by atoms with Crippen LogP contribution in [0.25, 0.3) is 0 Å². The van der Waals surface area contributed by atoms with E-state index < -0.39 is 0 Å². The van der Waals surface area contributed by atoms with Gasteiger partial charge in [-0.2, -0.15) is 0 Å². The monoisotopic (exact) mass is 297 g/mol. The van der Waals surface area contributed by atoms with Crippen molar-refractivity contribution in [3.05, 3.63) is 34.9 Å². The first-order chi connectivity index (χ1) is 10.5. The second kappa shape index (κ2) is 4.68. The number of aryl methyl sites for hydroxylation is 1. The van der Waals surface area contributed by atoms with Crippen molar-refractivity contribution >= 4 is 11.7 Å². The van der Waals surface area contributed by atoms with Gasteiger partial charge in [0.1, 0.15) is 5.78 Å². The lowest BCUT2D eigenvalue weighted by Gasteiger charge is -2.48. The van der Waals surface area contributed by atoms with Crippen LogP contribution in [0.4, 0.5) is 0 Å². The molecular formula is C19H23NO2. The molecule has 0 bridgehead atoms. The van der Waals surface area contributed by atoms with Crippen molar-refractivity contribution in [1.82, 2.24) is 0 Å². The highest BCUT2D eigenvalue weighted by Gasteiger charge is 2.54. The van der Waals surface area contributed by atoms with Crippen molar-refractivity contribution in [3.8, 4) is 0 Å². The van der Waals surface area contributed by atoms with E-state index in [1.807, 2.05) is 12.1 Å². The zero-order chi connectivity index (χ0) is 15.5. The minimum Gasteiger partial charge on any atom is -0.366 e. The molecule has 0 heterocycles. The molecule has 0 radical (unpaired) electrons. The molecule has 1 amide bonds. The van der Waals surface area contributed by atoms with Crippen LogP contribution in [0.5, 0.6) is 0 Å². The summed E-state index contributed by atoms with van der Waals surface area (Å²) in [7, 11) is 0. The topological polar surface area (TPSA) is 60.2 Å². The number of benzene rings is 1. The van der Waals surface area contributed by atoms with Crippen LogP contribution < -0.4 is 5.73 Å². The van der Waals surface area contributed by atoms with Gasteiger partial charge in [0.15, 0.2) is 0 Å². The minimum atomic E-state index is -0.345. The Hall–Kier alpha value is -1.64. The smallest absolute Gasteiger partial charge is 0.248 e. The van der Waals surface area contributed by atoms with Gasteiger partial charge in [-0.3, -0.25) is 9.59 Å². The van der Waals surface area contributed by atoms with Crippen LogP contribution in [0.15, 0.2) is 18.2 Å². The standard InChI is InChI=1S/C19H23NO2/c1-19-9-8-14-13-4-3-12(18(20)22)10-11(13)2-5-15(14)16(19)6-7-17(19)21/h3-4,10,14-16H,2,5-9H2,1H3,(H2,20,22)/t14?,15?,16?,19-/m0/s1. The lowest BCUT2D eigenvalue weighted by molar-refractivity contribution is -0.129. The van der Waals surface area contributed by atoms with Gasteiger partial charge in [-0.15, -0.1) is 0 Å². The third-order valence-electron chi connectivity index (χ3n) is 6.72. The van der Waals surface area contributed by atoms with E-state index in [4.69, 9.17) is 5.73 Å². The van der Waals surface area contributed by atoms with Gasteiger partial charge < -0.3 is 5.73 Å². The molecule has 4 atom stereocenters. The number of amides is 1. The Balaban J connectivity index is 1.70. The Labute approximate surface area is 131 Å². The normalized spacial score (nSPS) is 36.4. The Morgan fingerprint density at radius 3 is 2.82 bits per heavy atom. The van der Waals surface area contributed by atoms with E-state index in [-0.39, 0.29) is 11.3 Å². The molecule has 2 N–H and O–H groups in total. The molecule has 0 aliphatic heterocycles. The van der Waals surface area contributed by atoms with Crippen LogP contribution in [0, 0.1) is 17.3 Å². The predicted octanol–water partition coefficient (Wildman–Crippen LogP) is 3.21. The number of fused-ring (bicyclic) bond motifs is 5. The lowest BCUT2D eigenvalue weighted by Crippen LogP contribution is -2.42. The number of Topliss-reactive ketones (excluding diaryl/α,β-unsaturated/α-hetero) is 1. The summed E-state index contributed by atoms with van der Waals surface area (Å²) in [4.78, 5) is 23.7. The van der Waals surface area contributed by atoms with Crippen molar-refractivity contribution in [2.24, 2.45) is 23.0 Å². The molecule has 3 aliphatic rings. The minimum absolute atomic E-state index is 0.0637. The van der Waals surface area contributed by atoms with Crippen molar-refractivity contribution in [1.29, 1.82) is 0 Å². The SMILES string of the molecule is C[C@]12CCC3c4ccc(C(N)=O)cc4CCC3C1CCC2=O. The number of hydrogen-bond donors (Lipinski definition) is 1. The van der Waals surface area contributed by atoms with Crippen LogP contribution in [0.2, 0.25) is 0 Å². The second-order valence-electron chi connectivity index (χ2n) is 7.61. The Bertz CT molecular complexity index is 665. The Morgan fingerprint density at radius 2 is 2.05 bits per heavy atom. The van der Waals surface area contributed by atoms with E-state index >= 15 is 0 Å². The van der Waals surface area contributed by atoms with Gasteiger partial charge in [-0.1, -0.05) is 13.0 Å². The highest BCUT2D eigenvalue weighted by atomic mass is 16.1. The van der Waals surface area contributed by atoms with E-state index in [0.29, 0.717) is 29.1 Å². The molecule has 0 saturated heterocycles. The largest absolute Gasteiger partial charge is 0.366 e. The van der Waals surface area contributed by atoms with Gasteiger partial charge in [0, 0.05) is 17.4 Å². The first-order valence-corrected chi connectivity index (χ1v) is 8.46. The summed E-state index contributed by atoms with van der Waals surface area (Å²) in [5, 5.41) is 0. The molecule has 4 rings (SSSR count). The summed E-state index contributed by atoms with van der Waals surface area (Å²) >= 11 is 0. The fraction of sp³-hybridized carbons (Fsp3) is 0.579. The van der Waals surface area contributed by atoms with Crippen LogP contribution in [0.1, 0.15) is 66.4 Å². The van der Waals surface area contributed by atoms with E-state index in [2.05, 4.69) is 13.0 Å². The van der Waals surface area contributed by atoms with Gasteiger partial charge in [0.2, 0.25) is 5.91 Å². The quantitative estimate of drug-likeness (QED) is 0.865. The molecule has 2 fully saturated rings. The second-order valence-corrected chi connectivity index (χ2v) is 7.61. The van der Waals surface area contributed by atoms with E-state index in [1.165, 1.54) is 11.1 Å². The fourth-order valence-electron chi connectivity index (χ4n) is 5.51. The fourth-order valence-corrected chi connectivity index (χ4v) is 5.51. The third kappa shape index (κ3) is 1.81. The van der Waals surface area contributed by atoms with Gasteiger partial charge in [-0.25, -0.2) is 0 Å². The van der Waals surface area contributed by atoms with E-state index in [0.717, 1.165) is 38.5 Å². The lowest BCUT2D eigenvalue weighted by atomic mass is 9.55. The number of hydrogen-bond acceptors (Lipinski definition) is 2. The summed E-state index contributed by atoms with van der Waals surface area (Å²) in [6, 6.07) is 5.98. The first kappa shape index (κ1) is 14.0. The first-order valence-electron chi connectivity index (χ1n) is 8.46. The maximum Gasteiger partial charge on any atom is 0.248 e. The molecule has 3 unspecified atom stereocenters. The van der Waals surface area contributed by atoms with Gasteiger partial charge in [0.25, 0.3) is 0 Å². The number of carbonyl (C=O) groups excluding carboxylic acids is 2. The van der Waals surface area contributed by atoms with Crippen LogP contribution in [0.3, 0.4) is 0 Å². The molecule has 0 aromatic heterocycles. The molecule has 3 aliphatic carbocycles. The maximum atomic E-state index is 12.3. The molecule has 3 heteroatoms. The molecule has 0 spiro atoms. The molecule has 3 nitrogen and oxygen atoms in total. The molecular weight excluding hydrogens is 274 g/mol. The number of carbonyl (C=O) groups is 2. The van der Waals surface area contributed by atoms with Crippen LogP contribution in [-0.2, 0) is 11.2 Å². The average Bonchev–Trinajstić information content (AvgIpc) is 2.82. The zero-order valence-corrected chi connectivity index (χ0v) is 13.1. The number of nitrogens with two attached hydrogens (primary N) is 1. The van der Waals surface area contributed by atoms with Crippen molar-refractivity contribution in [2.45, 2.75) is 51.4 Å². The molecule has 22 heavy (non-hydrogen) atoms. The van der Waals surface area contributed by atoms with Crippen molar-refractivity contribution in [2.75, 3.05) is 0 Å². The van der Waals surface area contributed by atoms with Crippen LogP contribution in [-0.4, -0.2) is 11.7 Å². The van der Waals surface area contributed by atoms with Crippen molar-refractivity contribution < 1.29 is 9.59 Å². The number of primary amides is 1. The number of ketones is 1. The molecule has 1 aromatic rings. The Kier molecular flexibility index (Phi) is 2.97. The molecule has 116 valence electrons. The summed E-state index contributed by atoms with van der Waals surface area (Å²) in [6.07, 6.45) is 6.13. The summed E-state index contributed by atoms with van der Waals surface area (Å²) in [5.41, 5.74) is 8.66. The summed E-state index contributed by atoms with van der Waals surface area (Å²) in [5.74, 6) is 1.91. The highest BCUT2D eigenvalue weighted by Crippen LogP contribution is 2.59. The number of rotatable bonds is 1. The van der Waals surface area contributed by atoms with Crippen molar-refractivity contribution in [3.63, 3.8) is 0 Å². The van der Waals surface area contributed by atoms with E-state index in [1.54, 1.807) is 0 Å². The molecule has 2 saturated carbocycles. The zero-order valence-electron chi connectivity index (χ0n) is 13.1. The maximum absolute atomic E-state index is 12.3. The third-order valence-corrected chi connectivity index (χ3v) is 6.72. The average molecular weight is 297 g/mol. The summed E-state index contributed by atoms with van der Waals surface area (Å²) in [6.45, 7) is 2.20. The highest BCUT2D eigenvalue weighted by molar-refractivity contribution is 5.93. The summed E-state index contributed by atoms with van der Waals surface area (Å²) < 4.78 is 0. The Morgan fingerprint density at radius 1 is 1.23 bits per heavy atom. The van der Waals surface area contributed by atoms with E-state index in [9.17, 15) is 9.59 Å². The van der Waals surface area contributed by atoms with Gasteiger partial charge in [-0.05, 0) is 73.1 Å². The van der Waals surface area contributed by atoms with Gasteiger partial charge in [0.05, 0.1) is 0 Å². The predicted molar refractivity (Wildman–Crippen MR) is 84.6 cm³/mol.